The summed E-state index contributed by atoms with van der Waals surface area (Å²) in [6, 6.07) is 5.66. The van der Waals surface area contributed by atoms with Crippen molar-refractivity contribution in [1.29, 1.82) is 0 Å². The molecule has 1 aromatic heterocycles. The van der Waals surface area contributed by atoms with Gasteiger partial charge in [0.25, 0.3) is 0 Å². The third-order valence-corrected chi connectivity index (χ3v) is 4.74. The molecule has 1 aliphatic carbocycles. The molecule has 0 bridgehead atoms. The number of aliphatic hydroxyl groups is 1. The van der Waals surface area contributed by atoms with Crippen LogP contribution in [-0.4, -0.2) is 33.4 Å². The number of rotatable bonds is 3. The molecule has 0 saturated heterocycles. The minimum absolute atomic E-state index is 0.0417. The fraction of sp³-hybridized carbons (Fsp3) is 0.529. The highest BCUT2D eigenvalue weighted by atomic mass is 19.4. The Morgan fingerprint density at radius 2 is 2.12 bits per heavy atom. The van der Waals surface area contributed by atoms with Crippen LogP contribution in [0.5, 0.6) is 0 Å². The molecule has 2 atom stereocenters. The lowest BCUT2D eigenvalue weighted by atomic mass is 9.77. The van der Waals surface area contributed by atoms with Crippen molar-refractivity contribution in [1.82, 2.24) is 9.97 Å². The van der Waals surface area contributed by atoms with E-state index in [0.717, 1.165) is 16.5 Å². The fourth-order valence-electron chi connectivity index (χ4n) is 3.44. The molecule has 7 heteroatoms. The fourth-order valence-corrected chi connectivity index (χ4v) is 3.44. The summed E-state index contributed by atoms with van der Waals surface area (Å²) < 4.78 is 38.9. The highest BCUT2D eigenvalue weighted by Gasteiger charge is 2.46. The van der Waals surface area contributed by atoms with Crippen LogP contribution in [0.25, 0.3) is 10.9 Å². The normalized spacial score (nSPS) is 25.0. The third-order valence-electron chi connectivity index (χ3n) is 4.74. The van der Waals surface area contributed by atoms with Crippen LogP contribution in [-0.2, 0) is 0 Å². The summed E-state index contributed by atoms with van der Waals surface area (Å²) in [6.45, 7) is 1.96. The van der Waals surface area contributed by atoms with Crippen LogP contribution in [0.15, 0.2) is 24.5 Å². The van der Waals surface area contributed by atoms with Gasteiger partial charge in [0.2, 0.25) is 0 Å². The van der Waals surface area contributed by atoms with Gasteiger partial charge in [0.05, 0.1) is 17.0 Å². The predicted octanol–water partition coefficient (Wildman–Crippen LogP) is 3.83. The Hall–Kier alpha value is -1.89. The zero-order valence-electron chi connectivity index (χ0n) is 13.4. The van der Waals surface area contributed by atoms with Gasteiger partial charge >= 0.3 is 6.18 Å². The maximum Gasteiger partial charge on any atom is 0.391 e. The summed E-state index contributed by atoms with van der Waals surface area (Å²) >= 11 is 0. The van der Waals surface area contributed by atoms with Gasteiger partial charge in [0, 0.05) is 11.9 Å². The smallest absolute Gasteiger partial charge is 0.388 e. The summed E-state index contributed by atoms with van der Waals surface area (Å²) in [5.74, 6) is -0.900. The Labute approximate surface area is 138 Å². The van der Waals surface area contributed by atoms with E-state index in [1.165, 1.54) is 6.33 Å². The van der Waals surface area contributed by atoms with E-state index < -0.39 is 17.7 Å². The summed E-state index contributed by atoms with van der Waals surface area (Å²) in [5, 5.41) is 14.5. The van der Waals surface area contributed by atoms with Crippen molar-refractivity contribution in [2.24, 2.45) is 5.92 Å². The molecule has 0 aliphatic heterocycles. The number of hydrogen-bond donors (Lipinski definition) is 2. The van der Waals surface area contributed by atoms with Crippen molar-refractivity contribution in [3.05, 3.63) is 30.1 Å². The first-order chi connectivity index (χ1) is 11.3. The molecule has 2 N–H and O–H groups in total. The second-order valence-corrected chi connectivity index (χ2v) is 6.60. The van der Waals surface area contributed by atoms with Crippen molar-refractivity contribution in [2.45, 2.75) is 44.4 Å². The molecule has 24 heavy (non-hydrogen) atoms. The van der Waals surface area contributed by atoms with Gasteiger partial charge in [0.1, 0.15) is 12.1 Å². The Morgan fingerprint density at radius 1 is 1.33 bits per heavy atom. The third kappa shape index (κ3) is 3.45. The van der Waals surface area contributed by atoms with Crippen molar-refractivity contribution in [3.63, 3.8) is 0 Å². The van der Waals surface area contributed by atoms with Crippen molar-refractivity contribution in [3.8, 4) is 0 Å². The highest BCUT2D eigenvalue weighted by molar-refractivity contribution is 5.91. The van der Waals surface area contributed by atoms with Gasteiger partial charge in [0.15, 0.2) is 0 Å². The van der Waals surface area contributed by atoms with Crippen LogP contribution in [0.4, 0.5) is 19.0 Å². The first kappa shape index (κ1) is 17.0. The SMILES string of the molecule is Cc1cccc2ncnc(NCC3(O)CCCC(C(F)(F)F)C3)c12. The minimum Gasteiger partial charge on any atom is -0.388 e. The van der Waals surface area contributed by atoms with E-state index in [-0.39, 0.29) is 19.4 Å². The van der Waals surface area contributed by atoms with Crippen LogP contribution < -0.4 is 5.32 Å². The number of hydrogen-bond acceptors (Lipinski definition) is 4. The Balaban J connectivity index is 1.78. The molecule has 4 nitrogen and oxygen atoms in total. The van der Waals surface area contributed by atoms with Crippen molar-refractivity contribution < 1.29 is 18.3 Å². The maximum atomic E-state index is 13.0. The van der Waals surface area contributed by atoms with Gasteiger partial charge in [-0.25, -0.2) is 9.97 Å². The maximum absolute atomic E-state index is 13.0. The quantitative estimate of drug-likeness (QED) is 0.892. The number of benzene rings is 1. The van der Waals surface area contributed by atoms with E-state index >= 15 is 0 Å². The number of nitrogens with zero attached hydrogens (tertiary/aromatic N) is 2. The summed E-state index contributed by atoms with van der Waals surface area (Å²) in [4.78, 5) is 8.39. The molecule has 1 aromatic carbocycles. The van der Waals surface area contributed by atoms with E-state index in [9.17, 15) is 18.3 Å². The van der Waals surface area contributed by atoms with Crippen LogP contribution in [0.1, 0.15) is 31.2 Å². The lowest BCUT2D eigenvalue weighted by Gasteiger charge is -2.37. The number of halogens is 3. The summed E-state index contributed by atoms with van der Waals surface area (Å²) in [6.07, 6.45) is -2.31. The molecule has 0 radical (unpaired) electrons. The number of fused-ring (bicyclic) bond motifs is 1. The van der Waals surface area contributed by atoms with Gasteiger partial charge in [-0.2, -0.15) is 13.2 Å². The Bertz CT molecular complexity index is 729. The summed E-state index contributed by atoms with van der Waals surface area (Å²) in [7, 11) is 0. The second-order valence-electron chi connectivity index (χ2n) is 6.60. The van der Waals surface area contributed by atoms with Gasteiger partial charge in [-0.15, -0.1) is 0 Å². The standard InChI is InChI=1S/C17H20F3N3O/c1-11-4-2-6-13-14(11)15(23-10-22-13)21-9-16(24)7-3-5-12(8-16)17(18,19)20/h2,4,6,10,12,24H,3,5,7-9H2,1H3,(H,21,22,23). The van der Waals surface area contributed by atoms with Gasteiger partial charge in [-0.3, -0.25) is 0 Å². The van der Waals surface area contributed by atoms with Gasteiger partial charge in [-0.05, 0) is 44.2 Å². The molecule has 1 aliphatic rings. The Kier molecular flexibility index (Phi) is 4.38. The Morgan fingerprint density at radius 3 is 2.88 bits per heavy atom. The number of alkyl halides is 3. The van der Waals surface area contributed by atoms with Crippen molar-refractivity contribution in [2.75, 3.05) is 11.9 Å². The summed E-state index contributed by atoms with van der Waals surface area (Å²) in [5.41, 5.74) is 0.356. The number of aryl methyl sites for hydroxylation is 1. The molecule has 2 unspecified atom stereocenters. The first-order valence-electron chi connectivity index (χ1n) is 8.02. The zero-order chi connectivity index (χ0) is 17.4. The van der Waals surface area contributed by atoms with E-state index in [0.29, 0.717) is 18.7 Å². The van der Waals surface area contributed by atoms with Crippen LogP contribution >= 0.6 is 0 Å². The second kappa shape index (κ2) is 6.20. The number of anilines is 1. The van der Waals surface area contributed by atoms with E-state index in [4.69, 9.17) is 0 Å². The molecule has 2 aromatic rings. The highest BCUT2D eigenvalue weighted by Crippen LogP contribution is 2.41. The predicted molar refractivity (Wildman–Crippen MR) is 85.7 cm³/mol. The minimum atomic E-state index is -4.26. The van der Waals surface area contributed by atoms with Gasteiger partial charge < -0.3 is 10.4 Å². The van der Waals surface area contributed by atoms with Crippen LogP contribution in [0.3, 0.4) is 0 Å². The molecule has 3 rings (SSSR count). The van der Waals surface area contributed by atoms with E-state index in [2.05, 4.69) is 15.3 Å². The van der Waals surface area contributed by atoms with Crippen LogP contribution in [0.2, 0.25) is 0 Å². The molecule has 1 fully saturated rings. The van der Waals surface area contributed by atoms with Gasteiger partial charge in [-0.1, -0.05) is 12.1 Å². The number of nitrogens with one attached hydrogen (secondary N) is 1. The molecule has 0 spiro atoms. The lowest BCUT2D eigenvalue weighted by Crippen LogP contribution is -2.45. The average molecular weight is 339 g/mol. The average Bonchev–Trinajstić information content (AvgIpc) is 2.52. The van der Waals surface area contributed by atoms with E-state index in [1.54, 1.807) is 0 Å². The van der Waals surface area contributed by atoms with Crippen LogP contribution in [0, 0.1) is 12.8 Å². The first-order valence-corrected chi connectivity index (χ1v) is 8.02. The van der Waals surface area contributed by atoms with Crippen molar-refractivity contribution >= 4 is 16.7 Å². The lowest BCUT2D eigenvalue weighted by molar-refractivity contribution is -0.199. The monoisotopic (exact) mass is 339 g/mol. The van der Waals surface area contributed by atoms with E-state index in [1.807, 2.05) is 25.1 Å². The molecule has 1 heterocycles. The molecule has 0 amide bonds. The molecule has 1 saturated carbocycles. The molecule has 130 valence electrons. The molecular formula is C17H20F3N3O. The number of aromatic nitrogens is 2. The topological polar surface area (TPSA) is 58.0 Å². The molecular weight excluding hydrogens is 319 g/mol. The largest absolute Gasteiger partial charge is 0.391 e. The zero-order valence-corrected chi connectivity index (χ0v) is 13.4.